The predicted molar refractivity (Wildman–Crippen MR) is 253 cm³/mol. The van der Waals surface area contributed by atoms with Gasteiger partial charge in [-0.2, -0.15) is 0 Å². The Morgan fingerprint density at radius 3 is 1.34 bits per heavy atom. The molecule has 0 aliphatic carbocycles. The van der Waals surface area contributed by atoms with Crippen molar-refractivity contribution >= 4 is 54.0 Å². The Balaban J connectivity index is 1.16. The van der Waals surface area contributed by atoms with Gasteiger partial charge in [0.05, 0.1) is 16.9 Å². The smallest absolute Gasteiger partial charge is 0.179 e. The maximum Gasteiger partial charge on any atom is 0.179 e. The molecule has 0 aliphatic heterocycles. The van der Waals surface area contributed by atoms with Gasteiger partial charge in [-0.15, -0.1) is 0 Å². The van der Waals surface area contributed by atoms with E-state index in [-0.39, 0.29) is 0 Å². The highest BCUT2D eigenvalue weighted by Gasteiger charge is 2.23. The molecule has 0 unspecified atom stereocenters. The van der Waals surface area contributed by atoms with Gasteiger partial charge in [-0.3, -0.25) is 0 Å². The average molecular weight is 791 g/mol. The Morgan fingerprint density at radius 1 is 0.258 bits per heavy atom. The van der Waals surface area contributed by atoms with Crippen LogP contribution in [0, 0.1) is 0 Å². The number of fused-ring (bicyclic) bond motifs is 7. The van der Waals surface area contributed by atoms with Crippen LogP contribution in [0.25, 0.3) is 122 Å². The Hall–Kier alpha value is -8.48. The molecule has 3 aromatic heterocycles. The lowest BCUT2D eigenvalue weighted by molar-refractivity contribution is 1.08. The summed E-state index contributed by atoms with van der Waals surface area (Å²) in [7, 11) is 0. The number of aromatic nitrogens is 6. The van der Waals surface area contributed by atoms with Crippen molar-refractivity contribution in [1.82, 2.24) is 29.9 Å². The third-order valence-corrected chi connectivity index (χ3v) is 11.7. The molecule has 0 fully saturated rings. The van der Waals surface area contributed by atoms with Crippen LogP contribution in [-0.4, -0.2) is 29.9 Å². The predicted octanol–water partition coefficient (Wildman–Crippen LogP) is 13.8. The lowest BCUT2D eigenvalue weighted by Gasteiger charge is -2.18. The number of rotatable bonds is 6. The quantitative estimate of drug-likeness (QED) is 0.123. The zero-order chi connectivity index (χ0) is 41.0. The van der Waals surface area contributed by atoms with Crippen molar-refractivity contribution in [3.8, 4) is 68.2 Å². The van der Waals surface area contributed by atoms with Crippen LogP contribution < -0.4 is 0 Å². The second-order valence-corrected chi connectivity index (χ2v) is 15.4. The van der Waals surface area contributed by atoms with Gasteiger partial charge < -0.3 is 0 Å². The standard InChI is InChI=1S/C56H34N6/c1-4-19-36(20-5-1)47-34-48(59-56(58-47)52-45-33-32-35-18-10-11-25-39(35)49(45)44-30-16-17-31-46(44)57-52)50-40-26-12-14-28-42(40)51(43-29-15-13-27-41(43)50)55-61-53(37-21-6-2-7-22-37)60-54(62-55)38-23-8-3-9-24-38/h1-34H. The Kier molecular flexibility index (Phi) is 8.38. The minimum absolute atomic E-state index is 0.557. The van der Waals surface area contributed by atoms with E-state index in [2.05, 4.69) is 121 Å². The van der Waals surface area contributed by atoms with Gasteiger partial charge in [-0.05, 0) is 44.5 Å². The summed E-state index contributed by atoms with van der Waals surface area (Å²) < 4.78 is 0. The first-order valence-corrected chi connectivity index (χ1v) is 20.7. The molecule has 6 nitrogen and oxygen atoms in total. The summed E-state index contributed by atoms with van der Waals surface area (Å²) in [5, 5.41) is 9.64. The molecule has 0 atom stereocenters. The number of pyridine rings is 1. The summed E-state index contributed by atoms with van der Waals surface area (Å²) in [5.41, 5.74) is 7.99. The topological polar surface area (TPSA) is 77.3 Å². The van der Waals surface area contributed by atoms with Crippen LogP contribution in [0.5, 0.6) is 0 Å². The molecule has 9 aromatic carbocycles. The van der Waals surface area contributed by atoms with Crippen molar-refractivity contribution < 1.29 is 0 Å². The maximum atomic E-state index is 5.53. The van der Waals surface area contributed by atoms with Crippen molar-refractivity contribution in [2.24, 2.45) is 0 Å². The Labute approximate surface area is 357 Å². The van der Waals surface area contributed by atoms with Crippen molar-refractivity contribution in [2.45, 2.75) is 0 Å². The fraction of sp³-hybridized carbons (Fsp3) is 0. The van der Waals surface area contributed by atoms with Crippen LogP contribution in [-0.2, 0) is 0 Å². The van der Waals surface area contributed by atoms with Gasteiger partial charge >= 0.3 is 0 Å². The molecule has 0 bridgehead atoms. The van der Waals surface area contributed by atoms with Gasteiger partial charge in [0.1, 0.15) is 5.69 Å². The third kappa shape index (κ3) is 5.96. The molecular weight excluding hydrogens is 757 g/mol. The fourth-order valence-corrected chi connectivity index (χ4v) is 8.90. The number of hydrogen-bond acceptors (Lipinski definition) is 6. The molecule has 6 heteroatoms. The second-order valence-electron chi connectivity index (χ2n) is 15.4. The molecule has 0 radical (unpaired) electrons. The van der Waals surface area contributed by atoms with Gasteiger partial charge in [-0.25, -0.2) is 29.9 Å². The van der Waals surface area contributed by atoms with Crippen LogP contribution >= 0.6 is 0 Å². The molecule has 0 saturated heterocycles. The fourth-order valence-electron chi connectivity index (χ4n) is 8.90. The molecule has 12 rings (SSSR count). The lowest BCUT2D eigenvalue weighted by atomic mass is 9.89. The number of para-hydroxylation sites is 1. The van der Waals surface area contributed by atoms with Crippen molar-refractivity contribution in [2.75, 3.05) is 0 Å². The van der Waals surface area contributed by atoms with E-state index in [1.165, 1.54) is 10.8 Å². The van der Waals surface area contributed by atoms with E-state index >= 15 is 0 Å². The first-order chi connectivity index (χ1) is 30.7. The van der Waals surface area contributed by atoms with E-state index < -0.39 is 0 Å². The average Bonchev–Trinajstić information content (AvgIpc) is 3.35. The summed E-state index contributed by atoms with van der Waals surface area (Å²) in [4.78, 5) is 31.7. The van der Waals surface area contributed by atoms with E-state index in [0.29, 0.717) is 23.3 Å². The molecular formula is C56H34N6. The Morgan fingerprint density at radius 2 is 0.726 bits per heavy atom. The molecule has 0 aliphatic rings. The normalized spacial score (nSPS) is 11.5. The lowest BCUT2D eigenvalue weighted by Crippen LogP contribution is -2.02. The first kappa shape index (κ1) is 35.5. The highest BCUT2D eigenvalue weighted by atomic mass is 15.0. The molecule has 3 heterocycles. The largest absolute Gasteiger partial charge is 0.244 e. The van der Waals surface area contributed by atoms with Gasteiger partial charge in [0.15, 0.2) is 23.3 Å². The summed E-state index contributed by atoms with van der Waals surface area (Å²) in [5.74, 6) is 2.39. The molecule has 0 spiro atoms. The van der Waals surface area contributed by atoms with E-state index in [0.717, 1.165) is 88.1 Å². The van der Waals surface area contributed by atoms with E-state index in [1.54, 1.807) is 0 Å². The molecule has 0 amide bonds. The van der Waals surface area contributed by atoms with Crippen LogP contribution in [0.3, 0.4) is 0 Å². The van der Waals surface area contributed by atoms with Crippen LogP contribution in [0.4, 0.5) is 0 Å². The summed E-state index contributed by atoms with van der Waals surface area (Å²) in [6, 6.07) is 71.0. The van der Waals surface area contributed by atoms with E-state index in [9.17, 15) is 0 Å². The van der Waals surface area contributed by atoms with Gasteiger partial charge in [0, 0.05) is 44.0 Å². The summed E-state index contributed by atoms with van der Waals surface area (Å²) >= 11 is 0. The van der Waals surface area contributed by atoms with E-state index in [1.807, 2.05) is 84.9 Å². The highest BCUT2D eigenvalue weighted by Crippen LogP contribution is 2.44. The van der Waals surface area contributed by atoms with Crippen LogP contribution in [0.15, 0.2) is 206 Å². The summed E-state index contributed by atoms with van der Waals surface area (Å²) in [6.07, 6.45) is 0. The molecule has 0 N–H and O–H groups in total. The third-order valence-electron chi connectivity index (χ3n) is 11.7. The molecule has 0 saturated carbocycles. The van der Waals surface area contributed by atoms with Gasteiger partial charge in [-0.1, -0.05) is 194 Å². The summed E-state index contributed by atoms with van der Waals surface area (Å²) in [6.45, 7) is 0. The minimum Gasteiger partial charge on any atom is -0.244 e. The van der Waals surface area contributed by atoms with Gasteiger partial charge in [0.25, 0.3) is 0 Å². The monoisotopic (exact) mass is 790 g/mol. The maximum absolute atomic E-state index is 5.53. The highest BCUT2D eigenvalue weighted by molar-refractivity contribution is 6.23. The van der Waals surface area contributed by atoms with Crippen molar-refractivity contribution in [3.05, 3.63) is 206 Å². The van der Waals surface area contributed by atoms with Crippen LogP contribution in [0.2, 0.25) is 0 Å². The number of benzene rings is 9. The minimum atomic E-state index is 0.557. The SMILES string of the molecule is c1ccc(-c2cc(-c3c4ccccc4c(-c4nc(-c5ccccc5)nc(-c5ccccc5)n4)c4ccccc34)nc(-c3nc4ccccc4c4c3ccc3ccccc34)n2)cc1. The zero-order valence-electron chi connectivity index (χ0n) is 33.3. The second kappa shape index (κ2) is 14.7. The van der Waals surface area contributed by atoms with Gasteiger partial charge in [0.2, 0.25) is 0 Å². The molecule has 288 valence electrons. The number of hydrogen-bond donors (Lipinski definition) is 0. The Bertz CT molecular complexity index is 3550. The van der Waals surface area contributed by atoms with Crippen LogP contribution in [0.1, 0.15) is 0 Å². The first-order valence-electron chi connectivity index (χ1n) is 20.7. The van der Waals surface area contributed by atoms with E-state index in [4.69, 9.17) is 29.9 Å². The molecule has 62 heavy (non-hydrogen) atoms. The number of nitrogens with zero attached hydrogens (tertiary/aromatic N) is 6. The molecule has 12 aromatic rings. The zero-order valence-corrected chi connectivity index (χ0v) is 33.3. The van der Waals surface area contributed by atoms with Crippen molar-refractivity contribution in [3.63, 3.8) is 0 Å². The van der Waals surface area contributed by atoms with Crippen molar-refractivity contribution in [1.29, 1.82) is 0 Å².